The Balaban J connectivity index is 1.93. The van der Waals surface area contributed by atoms with Crippen molar-refractivity contribution < 1.29 is 0 Å². The van der Waals surface area contributed by atoms with Gasteiger partial charge in [0.15, 0.2) is 8.68 Å². The Morgan fingerprint density at radius 2 is 2.25 bits per heavy atom. The zero-order valence-corrected chi connectivity index (χ0v) is 11.3. The minimum absolute atomic E-state index is 0.373. The molecule has 0 aromatic carbocycles. The van der Waals surface area contributed by atoms with Gasteiger partial charge >= 0.3 is 0 Å². The second-order valence-corrected chi connectivity index (χ2v) is 7.01. The third-order valence-corrected chi connectivity index (χ3v) is 5.76. The smallest absolute Gasteiger partial charge is 0.175 e. The van der Waals surface area contributed by atoms with E-state index in [1.807, 2.05) is 6.26 Å². The van der Waals surface area contributed by atoms with E-state index in [2.05, 4.69) is 16.3 Å². The average Bonchev–Trinajstić information content (AvgIpc) is 3.06. The van der Waals surface area contributed by atoms with Crippen molar-refractivity contribution in [1.29, 1.82) is 5.26 Å². The molecule has 0 aliphatic heterocycles. The molecule has 4 nitrogen and oxygen atoms in total. The molecule has 1 atom stereocenters. The van der Waals surface area contributed by atoms with Crippen molar-refractivity contribution in [3.05, 3.63) is 0 Å². The van der Waals surface area contributed by atoms with Crippen molar-refractivity contribution in [3.63, 3.8) is 0 Å². The van der Waals surface area contributed by atoms with Gasteiger partial charge in [-0.3, -0.25) is 0 Å². The van der Waals surface area contributed by atoms with Gasteiger partial charge in [0.25, 0.3) is 0 Å². The summed E-state index contributed by atoms with van der Waals surface area (Å²) in [7, 11) is 0. The number of nitrogens with zero attached hydrogens (tertiary/aromatic N) is 3. The molecule has 1 unspecified atom stereocenters. The minimum atomic E-state index is -0.685. The first-order valence-corrected chi connectivity index (χ1v) is 7.91. The van der Waals surface area contributed by atoms with Crippen LogP contribution in [0.25, 0.3) is 0 Å². The normalized spacial score (nSPS) is 19.1. The van der Waals surface area contributed by atoms with E-state index in [9.17, 15) is 0 Å². The molecule has 2 N–H and O–H groups in total. The number of nitriles is 1. The van der Waals surface area contributed by atoms with E-state index in [0.29, 0.717) is 11.7 Å². The predicted octanol–water partition coefficient (Wildman–Crippen LogP) is 1.98. The molecule has 0 radical (unpaired) electrons. The molecular weight excluding hydrogens is 260 g/mol. The molecule has 0 spiro atoms. The Bertz CT molecular complexity index is 409. The average molecular weight is 272 g/mol. The van der Waals surface area contributed by atoms with Gasteiger partial charge in [-0.2, -0.15) is 5.26 Å². The Labute approximate surface area is 107 Å². The standard InChI is InChI=1S/C9H12N4S3/c1-14-7-12-13-8(16-7)15-5-9(11,4-10)6-2-3-6/h6H,2-3,5,11H2,1H3. The van der Waals surface area contributed by atoms with Crippen LogP contribution >= 0.6 is 34.9 Å². The van der Waals surface area contributed by atoms with Gasteiger partial charge in [-0.15, -0.1) is 10.2 Å². The Morgan fingerprint density at radius 3 is 2.75 bits per heavy atom. The van der Waals surface area contributed by atoms with Crippen LogP contribution in [0.2, 0.25) is 0 Å². The van der Waals surface area contributed by atoms with E-state index in [1.54, 1.807) is 34.9 Å². The lowest BCUT2D eigenvalue weighted by Crippen LogP contribution is -2.43. The molecule has 86 valence electrons. The molecule has 16 heavy (non-hydrogen) atoms. The van der Waals surface area contributed by atoms with Crippen molar-refractivity contribution in [2.75, 3.05) is 12.0 Å². The van der Waals surface area contributed by atoms with Crippen LogP contribution in [-0.4, -0.2) is 27.7 Å². The summed E-state index contributed by atoms with van der Waals surface area (Å²) >= 11 is 4.68. The monoisotopic (exact) mass is 272 g/mol. The first-order valence-electron chi connectivity index (χ1n) is 4.88. The second kappa shape index (κ2) is 4.92. The first-order chi connectivity index (χ1) is 7.68. The van der Waals surface area contributed by atoms with Gasteiger partial charge in [-0.05, 0) is 25.0 Å². The Morgan fingerprint density at radius 1 is 1.56 bits per heavy atom. The summed E-state index contributed by atoms with van der Waals surface area (Å²) in [5.74, 6) is 0.981. The summed E-state index contributed by atoms with van der Waals surface area (Å²) in [5.41, 5.74) is 5.37. The Hall–Kier alpha value is -0.290. The van der Waals surface area contributed by atoms with Gasteiger partial charge in [-0.1, -0.05) is 34.9 Å². The zero-order chi connectivity index (χ0) is 11.6. The maximum Gasteiger partial charge on any atom is 0.175 e. The van der Waals surface area contributed by atoms with Crippen molar-refractivity contribution in [2.45, 2.75) is 27.1 Å². The van der Waals surface area contributed by atoms with Crippen LogP contribution in [0.1, 0.15) is 12.8 Å². The molecule has 7 heteroatoms. The van der Waals surface area contributed by atoms with Crippen LogP contribution in [0.4, 0.5) is 0 Å². The van der Waals surface area contributed by atoms with E-state index in [4.69, 9.17) is 11.0 Å². The largest absolute Gasteiger partial charge is 0.312 e. The summed E-state index contributed by atoms with van der Waals surface area (Å²) in [6.07, 6.45) is 4.13. The third kappa shape index (κ3) is 2.69. The van der Waals surface area contributed by atoms with Crippen molar-refractivity contribution in [3.8, 4) is 6.07 Å². The Kier molecular flexibility index (Phi) is 3.74. The van der Waals surface area contributed by atoms with Crippen molar-refractivity contribution >= 4 is 34.9 Å². The second-order valence-electron chi connectivity index (χ2n) is 3.75. The predicted molar refractivity (Wildman–Crippen MR) is 67.7 cm³/mol. The maximum atomic E-state index is 9.10. The van der Waals surface area contributed by atoms with E-state index in [-0.39, 0.29) is 0 Å². The van der Waals surface area contributed by atoms with Gasteiger partial charge in [0.1, 0.15) is 5.54 Å². The molecular formula is C9H12N4S3. The molecule has 1 aliphatic rings. The van der Waals surface area contributed by atoms with Crippen LogP contribution in [-0.2, 0) is 0 Å². The zero-order valence-electron chi connectivity index (χ0n) is 8.84. The van der Waals surface area contributed by atoms with Crippen molar-refractivity contribution in [1.82, 2.24) is 10.2 Å². The third-order valence-electron chi connectivity index (χ3n) is 2.51. The van der Waals surface area contributed by atoms with Gasteiger partial charge in [0.2, 0.25) is 0 Å². The van der Waals surface area contributed by atoms with Crippen molar-refractivity contribution in [2.24, 2.45) is 11.7 Å². The van der Waals surface area contributed by atoms with Gasteiger partial charge in [0, 0.05) is 5.75 Å². The molecule has 2 rings (SSSR count). The highest BCUT2D eigenvalue weighted by atomic mass is 32.2. The lowest BCUT2D eigenvalue weighted by molar-refractivity contribution is 0.532. The lowest BCUT2D eigenvalue weighted by atomic mass is 10.00. The number of rotatable bonds is 5. The maximum absolute atomic E-state index is 9.10. The van der Waals surface area contributed by atoms with Crippen LogP contribution < -0.4 is 5.73 Å². The van der Waals surface area contributed by atoms with E-state index in [0.717, 1.165) is 21.5 Å². The molecule has 1 fully saturated rings. The summed E-state index contributed by atoms with van der Waals surface area (Å²) in [4.78, 5) is 0. The highest BCUT2D eigenvalue weighted by Gasteiger charge is 2.42. The van der Waals surface area contributed by atoms with Gasteiger partial charge in [-0.25, -0.2) is 0 Å². The minimum Gasteiger partial charge on any atom is -0.312 e. The summed E-state index contributed by atoms with van der Waals surface area (Å²) in [6, 6.07) is 2.24. The number of nitrogens with two attached hydrogens (primary N) is 1. The van der Waals surface area contributed by atoms with E-state index < -0.39 is 5.54 Å². The van der Waals surface area contributed by atoms with Crippen LogP contribution in [0.5, 0.6) is 0 Å². The summed E-state index contributed by atoms with van der Waals surface area (Å²) in [5, 5.41) is 17.2. The molecule has 1 aromatic rings. The lowest BCUT2D eigenvalue weighted by Gasteiger charge is -2.19. The van der Waals surface area contributed by atoms with E-state index in [1.165, 1.54) is 0 Å². The summed E-state index contributed by atoms with van der Waals surface area (Å²) in [6.45, 7) is 0. The van der Waals surface area contributed by atoms with E-state index >= 15 is 0 Å². The number of hydrogen-bond acceptors (Lipinski definition) is 7. The molecule has 0 bridgehead atoms. The fraction of sp³-hybridized carbons (Fsp3) is 0.667. The highest BCUT2D eigenvalue weighted by Crippen LogP contribution is 2.41. The molecule has 1 aromatic heterocycles. The summed E-state index contributed by atoms with van der Waals surface area (Å²) < 4.78 is 1.85. The number of hydrogen-bond donors (Lipinski definition) is 1. The fourth-order valence-electron chi connectivity index (χ4n) is 1.36. The van der Waals surface area contributed by atoms with Gasteiger partial charge in [0.05, 0.1) is 6.07 Å². The molecule has 1 aliphatic carbocycles. The van der Waals surface area contributed by atoms with Crippen LogP contribution in [0.15, 0.2) is 8.68 Å². The fourth-order valence-corrected chi connectivity index (χ4v) is 3.93. The molecule has 0 saturated heterocycles. The number of aromatic nitrogens is 2. The van der Waals surface area contributed by atoms with Crippen LogP contribution in [0, 0.1) is 17.2 Å². The topological polar surface area (TPSA) is 75.6 Å². The van der Waals surface area contributed by atoms with Gasteiger partial charge < -0.3 is 5.73 Å². The first kappa shape index (κ1) is 12.2. The highest BCUT2D eigenvalue weighted by molar-refractivity contribution is 8.03. The molecule has 0 amide bonds. The molecule has 1 heterocycles. The molecule has 1 saturated carbocycles. The van der Waals surface area contributed by atoms with Crippen LogP contribution in [0.3, 0.4) is 0 Å². The SMILES string of the molecule is CSc1nnc(SCC(N)(C#N)C2CC2)s1. The number of thioether (sulfide) groups is 2. The quantitative estimate of drug-likeness (QED) is 0.826.